The summed E-state index contributed by atoms with van der Waals surface area (Å²) in [5.41, 5.74) is 3.18. The van der Waals surface area contributed by atoms with E-state index in [1.165, 1.54) is 0 Å². The molecule has 2 aliphatic heterocycles. The van der Waals surface area contributed by atoms with Crippen LogP contribution in [0.1, 0.15) is 22.7 Å². The number of hydrogen-bond donors (Lipinski definition) is 1. The van der Waals surface area contributed by atoms with Crippen molar-refractivity contribution in [2.75, 3.05) is 38.8 Å². The number of fused-ring (bicyclic) bond motifs is 1. The van der Waals surface area contributed by atoms with Crippen LogP contribution in [0.15, 0.2) is 78.4 Å². The van der Waals surface area contributed by atoms with Crippen molar-refractivity contribution in [3.8, 4) is 11.5 Å². The maximum Gasteiger partial charge on any atom is 0.295 e. The standard InChI is InChI=1S/C29H28N2O5/c1-30-16-17-36-24-13-10-21(18-23(24)30)27(32)25-26(20-6-4-3-5-7-20)31(29(34)28(25)33)15-14-19-8-11-22(35-2)12-9-19/h3-13,18,26,32H,14-17H2,1-2H3/b27-25-. The van der Waals surface area contributed by atoms with E-state index in [1.54, 1.807) is 30.2 Å². The maximum absolute atomic E-state index is 13.3. The van der Waals surface area contributed by atoms with E-state index in [1.807, 2.05) is 66.5 Å². The van der Waals surface area contributed by atoms with E-state index in [9.17, 15) is 14.7 Å². The molecule has 1 fully saturated rings. The third-order valence-corrected chi connectivity index (χ3v) is 6.78. The highest BCUT2D eigenvalue weighted by Gasteiger charge is 2.45. The molecule has 1 N–H and O–H groups in total. The Morgan fingerprint density at radius 1 is 1.06 bits per heavy atom. The van der Waals surface area contributed by atoms with Gasteiger partial charge in [0.25, 0.3) is 11.7 Å². The van der Waals surface area contributed by atoms with Crippen LogP contribution in [0.2, 0.25) is 0 Å². The first kappa shape index (κ1) is 23.5. The number of carbonyl (C=O) groups excluding carboxylic acids is 2. The lowest BCUT2D eigenvalue weighted by Crippen LogP contribution is -2.31. The van der Waals surface area contributed by atoms with Crippen LogP contribution >= 0.6 is 0 Å². The minimum Gasteiger partial charge on any atom is -0.507 e. The van der Waals surface area contributed by atoms with Gasteiger partial charge in [0.2, 0.25) is 0 Å². The fraction of sp³-hybridized carbons (Fsp3) is 0.241. The number of anilines is 1. The normalized spacial score (nSPS) is 18.7. The number of ketones is 1. The van der Waals surface area contributed by atoms with Crippen molar-refractivity contribution in [2.24, 2.45) is 0 Å². The number of nitrogens with zero attached hydrogens (tertiary/aromatic N) is 2. The molecular weight excluding hydrogens is 456 g/mol. The molecule has 0 aromatic heterocycles. The first-order valence-electron chi connectivity index (χ1n) is 11.9. The average molecular weight is 485 g/mol. The summed E-state index contributed by atoms with van der Waals surface area (Å²) >= 11 is 0. The Balaban J connectivity index is 1.53. The molecule has 2 aliphatic rings. The number of aliphatic hydroxyl groups excluding tert-OH is 1. The second kappa shape index (κ2) is 9.77. The van der Waals surface area contributed by atoms with Gasteiger partial charge in [-0.3, -0.25) is 9.59 Å². The first-order valence-corrected chi connectivity index (χ1v) is 11.9. The van der Waals surface area contributed by atoms with Gasteiger partial charge in [-0.15, -0.1) is 0 Å². The number of carbonyl (C=O) groups is 2. The molecule has 3 aromatic rings. The van der Waals surface area contributed by atoms with E-state index in [0.717, 1.165) is 34.9 Å². The molecule has 3 aromatic carbocycles. The Hall–Kier alpha value is -4.26. The van der Waals surface area contributed by atoms with E-state index in [4.69, 9.17) is 9.47 Å². The number of amides is 1. The number of rotatable bonds is 6. The maximum atomic E-state index is 13.3. The Morgan fingerprint density at radius 2 is 1.81 bits per heavy atom. The fourth-order valence-corrected chi connectivity index (χ4v) is 4.79. The number of benzene rings is 3. The van der Waals surface area contributed by atoms with Crippen molar-refractivity contribution in [1.29, 1.82) is 0 Å². The minimum absolute atomic E-state index is 0.0975. The van der Waals surface area contributed by atoms with Gasteiger partial charge in [0.05, 0.1) is 31.0 Å². The fourth-order valence-electron chi connectivity index (χ4n) is 4.79. The highest BCUT2D eigenvalue weighted by atomic mass is 16.5. The van der Waals surface area contributed by atoms with Gasteiger partial charge in [-0.05, 0) is 47.9 Å². The molecule has 184 valence electrons. The zero-order chi connectivity index (χ0) is 25.2. The summed E-state index contributed by atoms with van der Waals surface area (Å²) in [6.45, 7) is 1.63. The molecule has 7 heteroatoms. The molecule has 1 amide bonds. The van der Waals surface area contributed by atoms with Crippen LogP contribution < -0.4 is 14.4 Å². The van der Waals surface area contributed by atoms with Crippen LogP contribution in [0.5, 0.6) is 11.5 Å². The summed E-state index contributed by atoms with van der Waals surface area (Å²) in [4.78, 5) is 30.1. The molecule has 7 nitrogen and oxygen atoms in total. The highest BCUT2D eigenvalue weighted by molar-refractivity contribution is 6.46. The van der Waals surface area contributed by atoms with E-state index in [-0.39, 0.29) is 11.3 Å². The van der Waals surface area contributed by atoms with Crippen molar-refractivity contribution in [3.05, 3.63) is 95.1 Å². The van der Waals surface area contributed by atoms with Gasteiger partial charge in [0, 0.05) is 19.2 Å². The van der Waals surface area contributed by atoms with Crippen molar-refractivity contribution in [3.63, 3.8) is 0 Å². The molecule has 0 radical (unpaired) electrons. The lowest BCUT2D eigenvalue weighted by Gasteiger charge is -2.28. The number of likely N-dealkylation sites (tertiary alicyclic amines) is 1. The average Bonchev–Trinajstić information content (AvgIpc) is 3.17. The number of aliphatic hydroxyl groups is 1. The third-order valence-electron chi connectivity index (χ3n) is 6.78. The molecular formula is C29H28N2O5. The predicted octanol–water partition coefficient (Wildman–Crippen LogP) is 4.19. The summed E-state index contributed by atoms with van der Waals surface area (Å²) in [6, 6.07) is 21.6. The lowest BCUT2D eigenvalue weighted by molar-refractivity contribution is -0.139. The van der Waals surface area contributed by atoms with Crippen LogP contribution in [-0.4, -0.2) is 55.6 Å². The van der Waals surface area contributed by atoms with Crippen LogP contribution in [-0.2, 0) is 16.0 Å². The summed E-state index contributed by atoms with van der Waals surface area (Å²) in [5.74, 6) is -0.00362. The number of Topliss-reactive ketones (excluding diaryl/α,β-unsaturated/α-hetero) is 1. The van der Waals surface area contributed by atoms with Crippen molar-refractivity contribution in [1.82, 2.24) is 4.90 Å². The first-order chi connectivity index (χ1) is 17.5. The molecule has 0 spiro atoms. The van der Waals surface area contributed by atoms with Gasteiger partial charge >= 0.3 is 0 Å². The van der Waals surface area contributed by atoms with E-state index < -0.39 is 17.7 Å². The Morgan fingerprint density at radius 3 is 2.53 bits per heavy atom. The van der Waals surface area contributed by atoms with Gasteiger partial charge < -0.3 is 24.4 Å². The molecule has 0 bridgehead atoms. The summed E-state index contributed by atoms with van der Waals surface area (Å²) in [6.07, 6.45) is 0.557. The second-order valence-electron chi connectivity index (χ2n) is 8.95. The number of likely N-dealkylation sites (N-methyl/N-ethyl adjacent to an activating group) is 1. The monoisotopic (exact) mass is 484 g/mol. The number of hydrogen-bond acceptors (Lipinski definition) is 6. The summed E-state index contributed by atoms with van der Waals surface area (Å²) in [5, 5.41) is 11.4. The number of methoxy groups -OCH3 is 1. The summed E-state index contributed by atoms with van der Waals surface area (Å²) < 4.78 is 10.9. The quantitative estimate of drug-likeness (QED) is 0.321. The van der Waals surface area contributed by atoms with Crippen LogP contribution in [0.4, 0.5) is 5.69 Å². The topological polar surface area (TPSA) is 79.3 Å². The van der Waals surface area contributed by atoms with E-state index >= 15 is 0 Å². The summed E-state index contributed by atoms with van der Waals surface area (Å²) in [7, 11) is 3.56. The molecule has 2 heterocycles. The largest absolute Gasteiger partial charge is 0.507 e. The third kappa shape index (κ3) is 4.28. The molecule has 1 saturated heterocycles. The van der Waals surface area contributed by atoms with Gasteiger partial charge in [0.1, 0.15) is 23.9 Å². The Bertz CT molecular complexity index is 1320. The van der Waals surface area contributed by atoms with Crippen molar-refractivity contribution in [2.45, 2.75) is 12.5 Å². The van der Waals surface area contributed by atoms with Gasteiger partial charge in [-0.25, -0.2) is 0 Å². The molecule has 0 aliphatic carbocycles. The van der Waals surface area contributed by atoms with E-state index in [2.05, 4.69) is 0 Å². The molecule has 1 unspecified atom stereocenters. The molecule has 36 heavy (non-hydrogen) atoms. The SMILES string of the molecule is COc1ccc(CCN2C(=O)C(=O)/C(=C(\O)c3ccc4c(c3)N(C)CCO4)C2c2ccccc2)cc1. The molecule has 0 saturated carbocycles. The second-order valence-corrected chi connectivity index (χ2v) is 8.95. The van der Waals surface area contributed by atoms with E-state index in [0.29, 0.717) is 25.1 Å². The zero-order valence-electron chi connectivity index (χ0n) is 20.3. The molecule has 1 atom stereocenters. The highest BCUT2D eigenvalue weighted by Crippen LogP contribution is 2.41. The van der Waals surface area contributed by atoms with Gasteiger partial charge in [-0.1, -0.05) is 42.5 Å². The van der Waals surface area contributed by atoms with Crippen LogP contribution in [0.25, 0.3) is 5.76 Å². The van der Waals surface area contributed by atoms with Crippen LogP contribution in [0, 0.1) is 0 Å². The Kier molecular flexibility index (Phi) is 6.38. The number of ether oxygens (including phenoxy) is 2. The van der Waals surface area contributed by atoms with Crippen molar-refractivity contribution < 1.29 is 24.2 Å². The smallest absolute Gasteiger partial charge is 0.295 e. The van der Waals surface area contributed by atoms with Crippen molar-refractivity contribution >= 4 is 23.1 Å². The lowest BCUT2D eigenvalue weighted by atomic mass is 9.95. The van der Waals surface area contributed by atoms with Gasteiger partial charge in [0.15, 0.2) is 0 Å². The Labute approximate surface area is 210 Å². The predicted molar refractivity (Wildman–Crippen MR) is 137 cm³/mol. The van der Waals surface area contributed by atoms with Crippen LogP contribution in [0.3, 0.4) is 0 Å². The molecule has 5 rings (SSSR count). The minimum atomic E-state index is -0.686. The zero-order valence-corrected chi connectivity index (χ0v) is 20.3. The van der Waals surface area contributed by atoms with Gasteiger partial charge in [-0.2, -0.15) is 0 Å².